The highest BCUT2D eigenvalue weighted by molar-refractivity contribution is 7.14. The first-order valence-electron chi connectivity index (χ1n) is 8.99. The van der Waals surface area contributed by atoms with Gasteiger partial charge in [-0.25, -0.2) is 0 Å². The molecule has 0 radical (unpaired) electrons. The largest absolute Gasteiger partial charge is 0.374 e. The van der Waals surface area contributed by atoms with Crippen LogP contribution in [0.2, 0.25) is 0 Å². The summed E-state index contributed by atoms with van der Waals surface area (Å²) >= 11 is 1.65. The molecule has 0 bridgehead atoms. The Labute approximate surface area is 153 Å². The monoisotopic (exact) mass is 362 g/mol. The van der Waals surface area contributed by atoms with Gasteiger partial charge < -0.3 is 15.0 Å². The molecule has 1 saturated heterocycles. The van der Waals surface area contributed by atoms with E-state index in [1.807, 2.05) is 4.90 Å². The standard InChI is InChI=1S/C19H26N2O3S/c1-3-18(22)20-11-15-12-21(7-4-8-24-15)19(23)17-10-14-9-13(2)5-6-16(14)25-17/h3,10,13,15H,1,4-9,11-12H2,2H3,(H,20,22). The SMILES string of the molecule is C=CC(=O)NCC1CN(C(=O)c2cc3c(s2)CCC(C)C3)CCCO1. The zero-order valence-corrected chi connectivity index (χ0v) is 15.6. The van der Waals surface area contributed by atoms with Crippen molar-refractivity contribution in [2.24, 2.45) is 5.92 Å². The van der Waals surface area contributed by atoms with Crippen molar-refractivity contribution < 1.29 is 14.3 Å². The summed E-state index contributed by atoms with van der Waals surface area (Å²) in [6.45, 7) is 7.93. The van der Waals surface area contributed by atoms with Crippen molar-refractivity contribution >= 4 is 23.2 Å². The van der Waals surface area contributed by atoms with E-state index in [1.54, 1.807) is 11.3 Å². The van der Waals surface area contributed by atoms with Crippen LogP contribution < -0.4 is 5.32 Å². The molecular weight excluding hydrogens is 336 g/mol. The Morgan fingerprint density at radius 1 is 1.52 bits per heavy atom. The Hall–Kier alpha value is -1.66. The first kappa shape index (κ1) is 18.1. The van der Waals surface area contributed by atoms with Crippen LogP contribution in [-0.4, -0.2) is 49.1 Å². The van der Waals surface area contributed by atoms with Crippen LogP contribution in [0.1, 0.15) is 39.9 Å². The number of rotatable bonds is 4. The number of nitrogens with zero attached hydrogens (tertiary/aromatic N) is 1. The molecule has 2 unspecified atom stereocenters. The molecule has 1 aromatic rings. The minimum absolute atomic E-state index is 0.0950. The maximum atomic E-state index is 13.0. The Kier molecular flexibility index (Phi) is 5.91. The van der Waals surface area contributed by atoms with Crippen molar-refractivity contribution in [3.8, 4) is 0 Å². The van der Waals surface area contributed by atoms with Crippen LogP contribution in [0.25, 0.3) is 0 Å². The van der Waals surface area contributed by atoms with Gasteiger partial charge in [-0.05, 0) is 49.3 Å². The summed E-state index contributed by atoms with van der Waals surface area (Å²) in [6.07, 6.45) is 5.27. The molecule has 5 nitrogen and oxygen atoms in total. The molecule has 2 amide bonds. The van der Waals surface area contributed by atoms with Crippen molar-refractivity contribution in [3.05, 3.63) is 34.0 Å². The number of nitrogens with one attached hydrogen (secondary N) is 1. The number of carbonyl (C=O) groups is 2. The number of ether oxygens (including phenoxy) is 1. The van der Waals surface area contributed by atoms with E-state index in [2.05, 4.69) is 24.9 Å². The van der Waals surface area contributed by atoms with Gasteiger partial charge in [-0.2, -0.15) is 0 Å². The molecule has 2 heterocycles. The van der Waals surface area contributed by atoms with Crippen LogP contribution in [0.3, 0.4) is 0 Å². The lowest BCUT2D eigenvalue weighted by atomic mass is 9.90. The summed E-state index contributed by atoms with van der Waals surface area (Å²) < 4.78 is 5.77. The maximum Gasteiger partial charge on any atom is 0.264 e. The number of amides is 2. The molecule has 6 heteroatoms. The van der Waals surface area contributed by atoms with Crippen molar-refractivity contribution in [2.45, 2.75) is 38.7 Å². The van der Waals surface area contributed by atoms with Gasteiger partial charge in [0.15, 0.2) is 0 Å². The second kappa shape index (κ2) is 8.15. The van der Waals surface area contributed by atoms with Gasteiger partial charge in [-0.1, -0.05) is 13.5 Å². The second-order valence-electron chi connectivity index (χ2n) is 6.95. The molecule has 2 atom stereocenters. The van der Waals surface area contributed by atoms with Gasteiger partial charge in [-0.15, -0.1) is 11.3 Å². The second-order valence-corrected chi connectivity index (χ2v) is 8.09. The quantitative estimate of drug-likeness (QED) is 0.837. The van der Waals surface area contributed by atoms with E-state index in [0.717, 1.165) is 24.1 Å². The van der Waals surface area contributed by atoms with Gasteiger partial charge in [0.05, 0.1) is 11.0 Å². The van der Waals surface area contributed by atoms with Gasteiger partial charge in [0.1, 0.15) is 0 Å². The molecule has 2 aliphatic rings. The van der Waals surface area contributed by atoms with E-state index in [0.29, 0.717) is 32.2 Å². The van der Waals surface area contributed by atoms with Crippen molar-refractivity contribution in [1.82, 2.24) is 10.2 Å². The van der Waals surface area contributed by atoms with E-state index < -0.39 is 0 Å². The first-order chi connectivity index (χ1) is 12.1. The summed E-state index contributed by atoms with van der Waals surface area (Å²) in [5.74, 6) is 0.581. The summed E-state index contributed by atoms with van der Waals surface area (Å²) in [5, 5.41) is 2.76. The highest BCUT2D eigenvalue weighted by atomic mass is 32.1. The third-order valence-corrected chi connectivity index (χ3v) is 6.09. The number of thiophene rings is 1. The Balaban J connectivity index is 1.66. The van der Waals surface area contributed by atoms with Crippen LogP contribution in [-0.2, 0) is 22.4 Å². The van der Waals surface area contributed by atoms with Crippen LogP contribution in [0.15, 0.2) is 18.7 Å². The summed E-state index contributed by atoms with van der Waals surface area (Å²) in [4.78, 5) is 28.4. The van der Waals surface area contributed by atoms with Crippen LogP contribution in [0.4, 0.5) is 0 Å². The fourth-order valence-electron chi connectivity index (χ4n) is 3.46. The molecule has 0 aromatic carbocycles. The average Bonchev–Trinajstić information content (AvgIpc) is 2.88. The third-order valence-electron chi connectivity index (χ3n) is 4.87. The predicted octanol–water partition coefficient (Wildman–Crippen LogP) is 2.41. The lowest BCUT2D eigenvalue weighted by Crippen LogP contribution is -2.41. The Morgan fingerprint density at radius 2 is 2.36 bits per heavy atom. The highest BCUT2D eigenvalue weighted by Crippen LogP contribution is 2.32. The molecule has 1 aromatic heterocycles. The van der Waals surface area contributed by atoms with Gasteiger partial charge in [0.2, 0.25) is 5.91 Å². The lowest BCUT2D eigenvalue weighted by molar-refractivity contribution is -0.117. The number of aryl methyl sites for hydroxylation is 1. The zero-order chi connectivity index (χ0) is 17.8. The van der Waals surface area contributed by atoms with Gasteiger partial charge in [-0.3, -0.25) is 9.59 Å². The molecule has 0 saturated carbocycles. The smallest absolute Gasteiger partial charge is 0.264 e. The number of fused-ring (bicyclic) bond motifs is 1. The summed E-state index contributed by atoms with van der Waals surface area (Å²) in [7, 11) is 0. The Morgan fingerprint density at radius 3 is 3.16 bits per heavy atom. The number of hydrogen-bond donors (Lipinski definition) is 1. The van der Waals surface area contributed by atoms with Crippen LogP contribution >= 0.6 is 11.3 Å². The van der Waals surface area contributed by atoms with Gasteiger partial charge in [0.25, 0.3) is 5.91 Å². The summed E-state index contributed by atoms with van der Waals surface area (Å²) in [5.41, 5.74) is 1.35. The van der Waals surface area contributed by atoms with Gasteiger partial charge in [0, 0.05) is 31.1 Å². The molecule has 25 heavy (non-hydrogen) atoms. The zero-order valence-electron chi connectivity index (χ0n) is 14.8. The molecule has 1 fully saturated rings. The van der Waals surface area contributed by atoms with Crippen molar-refractivity contribution in [1.29, 1.82) is 0 Å². The first-order valence-corrected chi connectivity index (χ1v) is 9.81. The normalized spacial score (nSPS) is 23.5. The molecular formula is C19H26N2O3S. The van der Waals surface area contributed by atoms with Crippen LogP contribution in [0, 0.1) is 5.92 Å². The highest BCUT2D eigenvalue weighted by Gasteiger charge is 2.27. The summed E-state index contributed by atoms with van der Waals surface area (Å²) in [6, 6.07) is 2.10. The molecule has 1 N–H and O–H groups in total. The molecule has 1 aliphatic heterocycles. The van der Waals surface area contributed by atoms with E-state index in [4.69, 9.17) is 4.74 Å². The molecule has 0 spiro atoms. The number of hydrogen-bond acceptors (Lipinski definition) is 4. The molecule has 1 aliphatic carbocycles. The minimum Gasteiger partial charge on any atom is -0.374 e. The predicted molar refractivity (Wildman–Crippen MR) is 99.0 cm³/mol. The van der Waals surface area contributed by atoms with Gasteiger partial charge >= 0.3 is 0 Å². The topological polar surface area (TPSA) is 58.6 Å². The molecule has 136 valence electrons. The number of carbonyl (C=O) groups excluding carboxylic acids is 2. The van der Waals surface area contributed by atoms with E-state index >= 15 is 0 Å². The fraction of sp³-hybridized carbons (Fsp3) is 0.579. The average molecular weight is 362 g/mol. The van der Waals surface area contributed by atoms with E-state index in [1.165, 1.54) is 22.9 Å². The van der Waals surface area contributed by atoms with Crippen LogP contribution in [0.5, 0.6) is 0 Å². The Bertz CT molecular complexity index is 655. The minimum atomic E-state index is -0.217. The van der Waals surface area contributed by atoms with Crippen molar-refractivity contribution in [2.75, 3.05) is 26.2 Å². The fourth-order valence-corrected chi connectivity index (χ4v) is 4.63. The maximum absolute atomic E-state index is 13.0. The molecule has 3 rings (SSSR count). The van der Waals surface area contributed by atoms with E-state index in [9.17, 15) is 9.59 Å². The van der Waals surface area contributed by atoms with E-state index in [-0.39, 0.29) is 17.9 Å². The lowest BCUT2D eigenvalue weighted by Gasteiger charge is -2.23. The van der Waals surface area contributed by atoms with Crippen molar-refractivity contribution in [3.63, 3.8) is 0 Å². The third kappa shape index (κ3) is 4.50.